The van der Waals surface area contributed by atoms with E-state index in [1.807, 2.05) is 0 Å². The summed E-state index contributed by atoms with van der Waals surface area (Å²) in [6.45, 7) is 0. The molecule has 0 radical (unpaired) electrons. The Labute approximate surface area is 175 Å². The number of ether oxygens (including phenoxy) is 6. The fourth-order valence-corrected chi connectivity index (χ4v) is 3.23. The normalized spacial score (nSPS) is 11.0. The van der Waals surface area contributed by atoms with Crippen LogP contribution in [0.4, 0.5) is 0 Å². The summed E-state index contributed by atoms with van der Waals surface area (Å²) in [5.74, 6) is 13.3. The minimum atomic E-state index is 0.365. The zero-order valence-corrected chi connectivity index (χ0v) is 17.8. The van der Waals surface area contributed by atoms with Gasteiger partial charge in [0, 0.05) is 22.3 Å². The van der Waals surface area contributed by atoms with Crippen molar-refractivity contribution in [3.63, 3.8) is 0 Å². The molecule has 0 unspecified atom stereocenters. The second kappa shape index (κ2) is 10.1. The highest BCUT2D eigenvalue weighted by atomic mass is 16.5. The molecule has 0 aliphatic carbocycles. The molecule has 10 heteroatoms. The third kappa shape index (κ3) is 3.84. The van der Waals surface area contributed by atoms with Crippen molar-refractivity contribution in [2.45, 2.75) is 0 Å². The Morgan fingerprint density at radius 2 is 0.900 bits per heavy atom. The molecule has 0 atom stereocenters. The van der Waals surface area contributed by atoms with E-state index in [1.165, 1.54) is 55.1 Å². The van der Waals surface area contributed by atoms with Crippen LogP contribution in [0.15, 0.2) is 22.3 Å². The van der Waals surface area contributed by atoms with E-state index in [0.717, 1.165) is 0 Å². The summed E-state index contributed by atoms with van der Waals surface area (Å²) in [4.78, 5) is 0. The second-order valence-electron chi connectivity index (χ2n) is 5.78. The fourth-order valence-electron chi connectivity index (χ4n) is 3.23. The Morgan fingerprint density at radius 3 is 1.13 bits per heavy atom. The van der Waals surface area contributed by atoms with Crippen molar-refractivity contribution in [2.24, 2.45) is 21.9 Å². The Hall–Kier alpha value is -3.82. The van der Waals surface area contributed by atoms with Gasteiger partial charge in [0.1, 0.15) is 0 Å². The molecule has 0 heterocycles. The molecule has 4 N–H and O–H groups in total. The molecular formula is C20H26N4O6. The van der Waals surface area contributed by atoms with E-state index in [0.29, 0.717) is 56.8 Å². The number of hydrazone groups is 2. The van der Waals surface area contributed by atoms with Crippen molar-refractivity contribution in [1.29, 1.82) is 0 Å². The van der Waals surface area contributed by atoms with Crippen molar-refractivity contribution in [1.82, 2.24) is 0 Å². The van der Waals surface area contributed by atoms with Crippen LogP contribution in [0.2, 0.25) is 0 Å². The lowest BCUT2D eigenvalue weighted by Gasteiger charge is -2.23. The summed E-state index contributed by atoms with van der Waals surface area (Å²) in [6.07, 6.45) is 2.92. The summed E-state index contributed by atoms with van der Waals surface area (Å²) >= 11 is 0. The van der Waals surface area contributed by atoms with Crippen LogP contribution >= 0.6 is 0 Å². The molecule has 0 bridgehead atoms. The van der Waals surface area contributed by atoms with Gasteiger partial charge in [0.15, 0.2) is 23.0 Å². The van der Waals surface area contributed by atoms with Crippen LogP contribution in [0.1, 0.15) is 11.1 Å². The van der Waals surface area contributed by atoms with Crippen LogP contribution in [0.3, 0.4) is 0 Å². The quantitative estimate of drug-likeness (QED) is 0.359. The van der Waals surface area contributed by atoms with Gasteiger partial charge in [-0.3, -0.25) is 0 Å². The van der Waals surface area contributed by atoms with Crippen molar-refractivity contribution in [3.8, 4) is 45.6 Å². The highest BCUT2D eigenvalue weighted by molar-refractivity contribution is 6.03. The van der Waals surface area contributed by atoms with Gasteiger partial charge in [0.05, 0.1) is 55.1 Å². The number of benzene rings is 2. The molecule has 2 aromatic rings. The van der Waals surface area contributed by atoms with Gasteiger partial charge in [-0.05, 0) is 12.1 Å². The molecular weight excluding hydrogens is 392 g/mol. The molecule has 30 heavy (non-hydrogen) atoms. The van der Waals surface area contributed by atoms with Gasteiger partial charge in [-0.15, -0.1) is 0 Å². The first kappa shape index (κ1) is 22.5. The van der Waals surface area contributed by atoms with Crippen molar-refractivity contribution >= 4 is 12.4 Å². The van der Waals surface area contributed by atoms with Crippen LogP contribution < -0.4 is 40.1 Å². The largest absolute Gasteiger partial charge is 0.493 e. The predicted octanol–water partition coefficient (Wildman–Crippen LogP) is 1.99. The van der Waals surface area contributed by atoms with E-state index in [1.54, 1.807) is 12.1 Å². The van der Waals surface area contributed by atoms with Gasteiger partial charge in [0.2, 0.25) is 11.5 Å². The summed E-state index contributed by atoms with van der Waals surface area (Å²) < 4.78 is 33.4. The lowest BCUT2D eigenvalue weighted by atomic mass is 9.92. The standard InChI is InChI=1S/C20H26N4O6/c1-25-13-7-11(9-23-21)15(19(29-5)17(13)27-3)16-12(10-24-22)8-14(26-2)18(28-4)20(16)30-6/h7-10H,21-22H2,1-6H3/b23-9+,24-10+. The van der Waals surface area contributed by atoms with Gasteiger partial charge in [-0.1, -0.05) is 0 Å². The molecule has 0 aliphatic heterocycles. The van der Waals surface area contributed by atoms with Crippen LogP contribution in [0, 0.1) is 0 Å². The summed E-state index contributed by atoms with van der Waals surface area (Å²) in [6, 6.07) is 3.43. The lowest BCUT2D eigenvalue weighted by Crippen LogP contribution is -2.06. The molecule has 0 fully saturated rings. The highest BCUT2D eigenvalue weighted by Crippen LogP contribution is 2.53. The van der Waals surface area contributed by atoms with Crippen molar-refractivity contribution in [2.75, 3.05) is 42.7 Å². The maximum atomic E-state index is 5.70. The number of hydrogen-bond donors (Lipinski definition) is 2. The van der Waals surface area contributed by atoms with Gasteiger partial charge < -0.3 is 40.1 Å². The van der Waals surface area contributed by atoms with Crippen molar-refractivity contribution in [3.05, 3.63) is 23.3 Å². The Balaban J connectivity index is 3.16. The average molecular weight is 418 g/mol. The first-order valence-corrected chi connectivity index (χ1v) is 8.69. The molecule has 162 valence electrons. The third-order valence-corrected chi connectivity index (χ3v) is 4.40. The smallest absolute Gasteiger partial charge is 0.203 e. The predicted molar refractivity (Wildman–Crippen MR) is 115 cm³/mol. The number of methoxy groups -OCH3 is 6. The fraction of sp³-hybridized carbons (Fsp3) is 0.300. The maximum absolute atomic E-state index is 5.70. The molecule has 0 aliphatic rings. The number of nitrogens with zero attached hydrogens (tertiary/aromatic N) is 2. The molecule has 0 spiro atoms. The van der Waals surface area contributed by atoms with Gasteiger partial charge >= 0.3 is 0 Å². The zero-order valence-electron chi connectivity index (χ0n) is 17.8. The molecule has 0 saturated carbocycles. The topological polar surface area (TPSA) is 132 Å². The van der Waals surface area contributed by atoms with E-state index in [-0.39, 0.29) is 0 Å². The molecule has 0 saturated heterocycles. The number of hydrogen-bond acceptors (Lipinski definition) is 10. The van der Waals surface area contributed by atoms with Crippen molar-refractivity contribution < 1.29 is 28.4 Å². The van der Waals surface area contributed by atoms with E-state index < -0.39 is 0 Å². The number of rotatable bonds is 9. The molecule has 10 nitrogen and oxygen atoms in total. The second-order valence-corrected chi connectivity index (χ2v) is 5.78. The highest BCUT2D eigenvalue weighted by Gasteiger charge is 2.29. The first-order valence-electron chi connectivity index (χ1n) is 8.69. The molecule has 2 rings (SSSR count). The molecule has 2 aromatic carbocycles. The zero-order chi connectivity index (χ0) is 22.3. The van der Waals surface area contributed by atoms with E-state index in [4.69, 9.17) is 40.1 Å². The van der Waals surface area contributed by atoms with Gasteiger partial charge in [0.25, 0.3) is 0 Å². The third-order valence-electron chi connectivity index (χ3n) is 4.40. The SMILES string of the molecule is COc1cc(/C=N/N)c(-c2c(/C=N/N)cc(OC)c(OC)c2OC)c(OC)c1OC. The lowest BCUT2D eigenvalue weighted by molar-refractivity contribution is 0.322. The minimum Gasteiger partial charge on any atom is -0.493 e. The van der Waals surface area contributed by atoms with Crippen LogP contribution in [-0.2, 0) is 0 Å². The summed E-state index contributed by atoms with van der Waals surface area (Å²) in [7, 11) is 9.07. The van der Waals surface area contributed by atoms with Crippen LogP contribution in [0.25, 0.3) is 11.1 Å². The van der Waals surface area contributed by atoms with E-state index in [9.17, 15) is 0 Å². The van der Waals surface area contributed by atoms with Crippen LogP contribution in [-0.4, -0.2) is 55.1 Å². The first-order chi connectivity index (χ1) is 14.6. The molecule has 0 amide bonds. The van der Waals surface area contributed by atoms with Crippen LogP contribution in [0.5, 0.6) is 34.5 Å². The van der Waals surface area contributed by atoms with E-state index >= 15 is 0 Å². The van der Waals surface area contributed by atoms with E-state index in [2.05, 4.69) is 10.2 Å². The monoisotopic (exact) mass is 418 g/mol. The molecule has 0 aromatic heterocycles. The average Bonchev–Trinajstić information content (AvgIpc) is 2.77. The minimum absolute atomic E-state index is 0.365. The Morgan fingerprint density at radius 1 is 0.567 bits per heavy atom. The summed E-state index contributed by atoms with van der Waals surface area (Å²) in [5.41, 5.74) is 2.25. The number of nitrogens with two attached hydrogens (primary N) is 2. The van der Waals surface area contributed by atoms with Gasteiger partial charge in [-0.2, -0.15) is 10.2 Å². The Kier molecular flexibility index (Phi) is 7.56. The Bertz CT molecular complexity index is 882. The maximum Gasteiger partial charge on any atom is 0.203 e. The van der Waals surface area contributed by atoms with Gasteiger partial charge in [-0.25, -0.2) is 0 Å². The summed E-state index contributed by atoms with van der Waals surface area (Å²) in [5, 5.41) is 7.35.